The standard InChI is InChI=1S/C12H11F5O5S/c1-2-21-10(18)4-3-7-5-8(13)11(14)9(6-7)22-23(19,20)12(15,16)17/h5-6H,2-4H2,1H3. The van der Waals surface area contributed by atoms with Crippen LogP contribution in [0.1, 0.15) is 18.9 Å². The van der Waals surface area contributed by atoms with Crippen LogP contribution >= 0.6 is 0 Å². The van der Waals surface area contributed by atoms with Crippen LogP contribution in [0.25, 0.3) is 0 Å². The third kappa shape index (κ3) is 5.05. The van der Waals surface area contributed by atoms with Crippen molar-refractivity contribution in [2.75, 3.05) is 6.61 Å². The average Bonchev–Trinajstić information content (AvgIpc) is 2.40. The fourth-order valence-electron chi connectivity index (χ4n) is 1.47. The smallest absolute Gasteiger partial charge is 0.466 e. The number of alkyl halides is 3. The van der Waals surface area contributed by atoms with Gasteiger partial charge in [0, 0.05) is 6.42 Å². The lowest BCUT2D eigenvalue weighted by Crippen LogP contribution is -2.28. The fraction of sp³-hybridized carbons (Fsp3) is 0.417. The van der Waals surface area contributed by atoms with Gasteiger partial charge in [-0.3, -0.25) is 4.79 Å². The lowest BCUT2D eigenvalue weighted by Gasteiger charge is -2.11. The summed E-state index contributed by atoms with van der Waals surface area (Å²) in [5.41, 5.74) is -5.93. The number of ether oxygens (including phenoxy) is 1. The predicted octanol–water partition coefficient (Wildman–Crippen LogP) is 2.69. The minimum Gasteiger partial charge on any atom is -0.466 e. The van der Waals surface area contributed by atoms with Crippen molar-refractivity contribution in [1.29, 1.82) is 0 Å². The van der Waals surface area contributed by atoms with E-state index in [1.807, 2.05) is 0 Å². The molecule has 1 rings (SSSR count). The van der Waals surface area contributed by atoms with Gasteiger partial charge in [-0.25, -0.2) is 4.39 Å². The summed E-state index contributed by atoms with van der Waals surface area (Å²) in [6.45, 7) is 1.64. The van der Waals surface area contributed by atoms with Gasteiger partial charge in [-0.05, 0) is 31.0 Å². The van der Waals surface area contributed by atoms with Crippen LogP contribution in [-0.4, -0.2) is 26.5 Å². The Kier molecular flexibility index (Phi) is 5.92. The first-order chi connectivity index (χ1) is 10.5. The molecule has 0 heterocycles. The largest absolute Gasteiger partial charge is 0.534 e. The topological polar surface area (TPSA) is 69.7 Å². The Balaban J connectivity index is 3.03. The summed E-state index contributed by atoms with van der Waals surface area (Å²) in [5, 5.41) is 0. The van der Waals surface area contributed by atoms with Crippen molar-refractivity contribution in [3.05, 3.63) is 29.3 Å². The molecule has 1 aromatic carbocycles. The minimum absolute atomic E-state index is 0.0921. The number of esters is 1. The van der Waals surface area contributed by atoms with E-state index in [9.17, 15) is 35.2 Å². The van der Waals surface area contributed by atoms with Crippen LogP contribution in [0.5, 0.6) is 5.75 Å². The molecule has 23 heavy (non-hydrogen) atoms. The molecule has 0 saturated heterocycles. The lowest BCUT2D eigenvalue weighted by atomic mass is 10.1. The molecule has 130 valence electrons. The van der Waals surface area contributed by atoms with E-state index in [4.69, 9.17) is 0 Å². The molecular formula is C12H11F5O5S. The lowest BCUT2D eigenvalue weighted by molar-refractivity contribution is -0.143. The number of rotatable bonds is 6. The van der Waals surface area contributed by atoms with Gasteiger partial charge in [-0.2, -0.15) is 26.0 Å². The van der Waals surface area contributed by atoms with Crippen LogP contribution in [0.2, 0.25) is 0 Å². The molecule has 0 atom stereocenters. The number of aryl methyl sites for hydroxylation is 1. The molecule has 0 fully saturated rings. The highest BCUT2D eigenvalue weighted by molar-refractivity contribution is 7.88. The molecule has 0 spiro atoms. The molecule has 0 bridgehead atoms. The number of halogens is 5. The average molecular weight is 362 g/mol. The van der Waals surface area contributed by atoms with Crippen LogP contribution < -0.4 is 4.18 Å². The highest BCUT2D eigenvalue weighted by atomic mass is 32.2. The van der Waals surface area contributed by atoms with Crippen molar-refractivity contribution in [2.24, 2.45) is 0 Å². The van der Waals surface area contributed by atoms with Crippen molar-refractivity contribution in [2.45, 2.75) is 25.3 Å². The Bertz CT molecular complexity index is 684. The van der Waals surface area contributed by atoms with Gasteiger partial charge in [0.2, 0.25) is 5.82 Å². The van der Waals surface area contributed by atoms with Crippen molar-refractivity contribution < 1.29 is 44.1 Å². The quantitative estimate of drug-likeness (QED) is 0.337. The van der Waals surface area contributed by atoms with E-state index in [1.54, 1.807) is 6.92 Å². The zero-order valence-electron chi connectivity index (χ0n) is 11.6. The zero-order chi connectivity index (χ0) is 17.8. The van der Waals surface area contributed by atoms with Gasteiger partial charge < -0.3 is 8.92 Å². The maximum atomic E-state index is 13.4. The molecule has 0 N–H and O–H groups in total. The van der Waals surface area contributed by atoms with E-state index in [2.05, 4.69) is 8.92 Å². The second kappa shape index (κ2) is 7.11. The summed E-state index contributed by atoms with van der Waals surface area (Å²) in [6.07, 6.45) is -0.469. The second-order valence-corrected chi connectivity index (χ2v) is 5.72. The SMILES string of the molecule is CCOC(=O)CCc1cc(F)c(F)c(OS(=O)(=O)C(F)(F)F)c1. The number of hydrogen-bond donors (Lipinski definition) is 0. The molecular weight excluding hydrogens is 351 g/mol. The molecule has 1 aromatic rings. The minimum atomic E-state index is -6.14. The Hall–Kier alpha value is -1.91. The van der Waals surface area contributed by atoms with E-state index in [-0.39, 0.29) is 25.0 Å². The fourth-order valence-corrected chi connectivity index (χ4v) is 1.92. The summed E-state index contributed by atoms with van der Waals surface area (Å²) in [6, 6.07) is 1.18. The monoisotopic (exact) mass is 362 g/mol. The van der Waals surface area contributed by atoms with E-state index in [1.165, 1.54) is 0 Å². The molecule has 5 nitrogen and oxygen atoms in total. The molecule has 0 amide bonds. The van der Waals surface area contributed by atoms with Gasteiger partial charge >= 0.3 is 21.6 Å². The first kappa shape index (κ1) is 19.1. The maximum Gasteiger partial charge on any atom is 0.534 e. The predicted molar refractivity (Wildman–Crippen MR) is 66.9 cm³/mol. The van der Waals surface area contributed by atoms with Crippen LogP contribution in [-0.2, 0) is 26.1 Å². The van der Waals surface area contributed by atoms with E-state index >= 15 is 0 Å². The molecule has 0 radical (unpaired) electrons. The molecule has 11 heteroatoms. The normalized spacial score (nSPS) is 12.1. The Morgan fingerprint density at radius 3 is 2.35 bits per heavy atom. The Morgan fingerprint density at radius 2 is 1.83 bits per heavy atom. The van der Waals surface area contributed by atoms with Crippen LogP contribution in [0, 0.1) is 11.6 Å². The molecule has 0 aliphatic heterocycles. The Morgan fingerprint density at radius 1 is 1.22 bits per heavy atom. The van der Waals surface area contributed by atoms with Crippen LogP contribution in [0.4, 0.5) is 22.0 Å². The summed E-state index contributed by atoms with van der Waals surface area (Å²) >= 11 is 0. The van der Waals surface area contributed by atoms with Crippen LogP contribution in [0.3, 0.4) is 0 Å². The maximum absolute atomic E-state index is 13.4. The molecule has 0 aromatic heterocycles. The zero-order valence-corrected chi connectivity index (χ0v) is 12.4. The van der Waals surface area contributed by atoms with Gasteiger partial charge in [-0.1, -0.05) is 0 Å². The van der Waals surface area contributed by atoms with Gasteiger partial charge in [0.25, 0.3) is 0 Å². The summed E-state index contributed by atoms with van der Waals surface area (Å²) in [4.78, 5) is 11.1. The highest BCUT2D eigenvalue weighted by Crippen LogP contribution is 2.30. The summed E-state index contributed by atoms with van der Waals surface area (Å²) in [7, 11) is -6.14. The van der Waals surface area contributed by atoms with Gasteiger partial charge in [0.15, 0.2) is 11.6 Å². The van der Waals surface area contributed by atoms with Gasteiger partial charge in [-0.15, -0.1) is 0 Å². The van der Waals surface area contributed by atoms with E-state index in [0.717, 1.165) is 0 Å². The van der Waals surface area contributed by atoms with E-state index in [0.29, 0.717) is 12.1 Å². The van der Waals surface area contributed by atoms with Crippen molar-refractivity contribution in [1.82, 2.24) is 0 Å². The van der Waals surface area contributed by atoms with Gasteiger partial charge in [0.1, 0.15) is 0 Å². The van der Waals surface area contributed by atoms with E-state index < -0.39 is 39.0 Å². The van der Waals surface area contributed by atoms with Crippen LogP contribution in [0.15, 0.2) is 12.1 Å². The number of hydrogen-bond acceptors (Lipinski definition) is 5. The third-order valence-corrected chi connectivity index (χ3v) is 3.43. The number of carbonyl (C=O) groups is 1. The first-order valence-electron chi connectivity index (χ1n) is 6.12. The number of benzene rings is 1. The second-order valence-electron chi connectivity index (χ2n) is 4.18. The van der Waals surface area contributed by atoms with Crippen molar-refractivity contribution >= 4 is 16.1 Å². The Labute approximate surface area is 128 Å². The van der Waals surface area contributed by atoms with Gasteiger partial charge in [0.05, 0.1) is 6.61 Å². The molecule has 0 aliphatic rings. The highest BCUT2D eigenvalue weighted by Gasteiger charge is 2.49. The summed E-state index contributed by atoms with van der Waals surface area (Å²) < 4.78 is 93.2. The van der Waals surface area contributed by atoms with Crippen molar-refractivity contribution in [3.63, 3.8) is 0 Å². The summed E-state index contributed by atoms with van der Waals surface area (Å²) in [5.74, 6) is -5.61. The molecule has 0 saturated carbocycles. The molecule has 0 unspecified atom stereocenters. The number of carbonyl (C=O) groups excluding carboxylic acids is 1. The third-order valence-electron chi connectivity index (χ3n) is 2.46. The van der Waals surface area contributed by atoms with Crippen molar-refractivity contribution in [3.8, 4) is 5.75 Å². The first-order valence-corrected chi connectivity index (χ1v) is 7.53. The molecule has 0 aliphatic carbocycles.